The van der Waals surface area contributed by atoms with Crippen molar-refractivity contribution >= 4 is 10.0 Å². The van der Waals surface area contributed by atoms with Gasteiger partial charge in [0.25, 0.3) is 0 Å². The van der Waals surface area contributed by atoms with Crippen molar-refractivity contribution in [2.45, 2.75) is 37.1 Å². The lowest BCUT2D eigenvalue weighted by Gasteiger charge is -2.20. The van der Waals surface area contributed by atoms with Crippen molar-refractivity contribution < 1.29 is 13.5 Å². The third kappa shape index (κ3) is 4.81. The molecule has 0 bridgehead atoms. The second kappa shape index (κ2) is 9.18. The van der Waals surface area contributed by atoms with E-state index >= 15 is 0 Å². The van der Waals surface area contributed by atoms with Crippen LogP contribution in [0.25, 0.3) is 11.1 Å². The molecule has 0 aliphatic carbocycles. The maximum Gasteiger partial charge on any atom is 0.242 e. The first-order valence-corrected chi connectivity index (χ1v) is 11.4. The number of aliphatic hydroxyl groups is 1. The quantitative estimate of drug-likeness (QED) is 0.737. The summed E-state index contributed by atoms with van der Waals surface area (Å²) in [6, 6.07) is 16.1. The van der Waals surface area contributed by atoms with Crippen molar-refractivity contribution in [3.05, 3.63) is 54.1 Å². The number of likely N-dealkylation sites (N-methyl/N-ethyl adjacent to an activating group) is 1. The predicted octanol–water partition coefficient (Wildman–Crippen LogP) is 2.99. The number of hydrogen-bond donors (Lipinski definition) is 1. The summed E-state index contributed by atoms with van der Waals surface area (Å²) < 4.78 is 26.0. The average molecular weight is 403 g/mol. The van der Waals surface area contributed by atoms with Crippen molar-refractivity contribution in [2.75, 3.05) is 33.3 Å². The zero-order chi connectivity index (χ0) is 20.1. The van der Waals surface area contributed by atoms with Gasteiger partial charge in [-0.3, -0.25) is 0 Å². The van der Waals surface area contributed by atoms with E-state index in [0.29, 0.717) is 6.04 Å². The second-order valence-corrected chi connectivity index (χ2v) is 9.59. The van der Waals surface area contributed by atoms with Gasteiger partial charge in [0.15, 0.2) is 0 Å². The van der Waals surface area contributed by atoms with Crippen LogP contribution in [0.15, 0.2) is 53.4 Å². The summed E-state index contributed by atoms with van der Waals surface area (Å²) in [5, 5.41) is 8.97. The molecule has 1 heterocycles. The first kappa shape index (κ1) is 21.0. The molecule has 28 heavy (non-hydrogen) atoms. The summed E-state index contributed by atoms with van der Waals surface area (Å²) in [4.78, 5) is 2.80. The molecule has 2 aromatic rings. The number of nitrogens with zero attached hydrogens (tertiary/aromatic N) is 2. The van der Waals surface area contributed by atoms with Gasteiger partial charge in [-0.2, -0.15) is 4.31 Å². The van der Waals surface area contributed by atoms with Crippen molar-refractivity contribution in [2.24, 2.45) is 0 Å². The molecule has 1 atom stereocenters. The Morgan fingerprint density at radius 2 is 1.68 bits per heavy atom. The molecule has 0 aromatic heterocycles. The highest BCUT2D eigenvalue weighted by atomic mass is 32.2. The highest BCUT2D eigenvalue weighted by molar-refractivity contribution is 7.89. The lowest BCUT2D eigenvalue weighted by molar-refractivity contribution is 0.266. The fourth-order valence-electron chi connectivity index (χ4n) is 3.72. The number of benzene rings is 2. The number of likely N-dealkylation sites (tertiary alicyclic amines) is 1. The smallest absolute Gasteiger partial charge is 0.242 e. The van der Waals surface area contributed by atoms with Gasteiger partial charge in [0, 0.05) is 26.2 Å². The Bertz CT molecular complexity index is 864. The standard InChI is InChI=1S/C22H30N2O3S/c1-18-4-3-14-24(18)15-13-19-5-7-20(8-6-19)21-9-11-22(12-10-21)28(26,27)23(2)16-17-25/h5-12,18,25H,3-4,13-17H2,1-2H3. The van der Waals surface area contributed by atoms with E-state index in [1.165, 1.54) is 32.0 Å². The summed E-state index contributed by atoms with van der Waals surface area (Å²) in [6.45, 7) is 4.51. The Hall–Kier alpha value is -1.73. The van der Waals surface area contributed by atoms with Gasteiger partial charge in [-0.05, 0) is 61.6 Å². The molecular formula is C22H30N2O3S. The Balaban J connectivity index is 1.65. The molecule has 0 spiro atoms. The number of aliphatic hydroxyl groups excluding tert-OH is 1. The maximum atomic E-state index is 12.4. The van der Waals surface area contributed by atoms with Crippen molar-refractivity contribution in [1.29, 1.82) is 0 Å². The van der Waals surface area contributed by atoms with Gasteiger partial charge >= 0.3 is 0 Å². The second-order valence-electron chi connectivity index (χ2n) is 7.55. The van der Waals surface area contributed by atoms with E-state index in [-0.39, 0.29) is 18.0 Å². The van der Waals surface area contributed by atoms with Crippen LogP contribution in [0.2, 0.25) is 0 Å². The van der Waals surface area contributed by atoms with Gasteiger partial charge in [0.05, 0.1) is 11.5 Å². The Labute approximate surface area is 168 Å². The molecule has 1 saturated heterocycles. The predicted molar refractivity (Wildman–Crippen MR) is 113 cm³/mol. The summed E-state index contributed by atoms with van der Waals surface area (Å²) in [7, 11) is -2.08. The van der Waals surface area contributed by atoms with E-state index in [2.05, 4.69) is 36.1 Å². The first-order valence-electron chi connectivity index (χ1n) is 9.92. The molecule has 6 heteroatoms. The largest absolute Gasteiger partial charge is 0.395 e. The van der Waals surface area contributed by atoms with Crippen molar-refractivity contribution in [3.8, 4) is 11.1 Å². The maximum absolute atomic E-state index is 12.4. The molecule has 3 rings (SSSR count). The number of sulfonamides is 1. The van der Waals surface area contributed by atoms with E-state index < -0.39 is 10.0 Å². The molecule has 1 N–H and O–H groups in total. The van der Waals surface area contributed by atoms with E-state index in [9.17, 15) is 8.42 Å². The van der Waals surface area contributed by atoms with Gasteiger partial charge in [0.1, 0.15) is 0 Å². The highest BCUT2D eigenvalue weighted by Gasteiger charge is 2.20. The van der Waals surface area contributed by atoms with Gasteiger partial charge in [-0.15, -0.1) is 0 Å². The summed E-state index contributed by atoms with van der Waals surface area (Å²) >= 11 is 0. The van der Waals surface area contributed by atoms with Crippen LogP contribution in [-0.4, -0.2) is 62.1 Å². The molecule has 0 saturated carbocycles. The minimum absolute atomic E-state index is 0.0851. The van der Waals surface area contributed by atoms with Crippen LogP contribution < -0.4 is 0 Å². The number of rotatable bonds is 8. The molecule has 1 unspecified atom stereocenters. The number of hydrogen-bond acceptors (Lipinski definition) is 4. The fraction of sp³-hybridized carbons (Fsp3) is 0.455. The monoisotopic (exact) mass is 402 g/mol. The van der Waals surface area contributed by atoms with Crippen LogP contribution >= 0.6 is 0 Å². The van der Waals surface area contributed by atoms with Crippen molar-refractivity contribution in [3.63, 3.8) is 0 Å². The van der Waals surface area contributed by atoms with Crippen LogP contribution in [0, 0.1) is 0 Å². The zero-order valence-corrected chi connectivity index (χ0v) is 17.5. The van der Waals surface area contributed by atoms with E-state index in [0.717, 1.165) is 28.4 Å². The molecule has 1 aliphatic heterocycles. The highest BCUT2D eigenvalue weighted by Crippen LogP contribution is 2.24. The third-order valence-corrected chi connectivity index (χ3v) is 7.51. The summed E-state index contributed by atoms with van der Waals surface area (Å²) in [6.07, 6.45) is 3.67. The Kier molecular flexibility index (Phi) is 6.88. The molecule has 1 aliphatic rings. The topological polar surface area (TPSA) is 60.9 Å². The molecule has 152 valence electrons. The SMILES string of the molecule is CC1CCCN1CCc1ccc(-c2ccc(S(=O)(=O)N(C)CCO)cc2)cc1. The van der Waals surface area contributed by atoms with Crippen LogP contribution in [0.5, 0.6) is 0 Å². The molecule has 0 radical (unpaired) electrons. The third-order valence-electron chi connectivity index (χ3n) is 5.64. The lowest BCUT2D eigenvalue weighted by Crippen LogP contribution is -2.29. The first-order chi connectivity index (χ1) is 13.4. The molecule has 1 fully saturated rings. The van der Waals surface area contributed by atoms with Gasteiger partial charge < -0.3 is 10.0 Å². The molecule has 2 aromatic carbocycles. The van der Waals surface area contributed by atoms with E-state index in [1.54, 1.807) is 12.1 Å². The summed E-state index contributed by atoms with van der Waals surface area (Å²) in [5.41, 5.74) is 3.39. The van der Waals surface area contributed by atoms with Gasteiger partial charge in [-0.25, -0.2) is 8.42 Å². The Morgan fingerprint density at radius 1 is 1.07 bits per heavy atom. The van der Waals surface area contributed by atoms with Gasteiger partial charge in [0.2, 0.25) is 10.0 Å². The Morgan fingerprint density at radius 3 is 2.21 bits per heavy atom. The van der Waals surface area contributed by atoms with Crippen LogP contribution in [0.3, 0.4) is 0 Å². The van der Waals surface area contributed by atoms with Crippen LogP contribution in [0.1, 0.15) is 25.3 Å². The van der Waals surface area contributed by atoms with Crippen LogP contribution in [0.4, 0.5) is 0 Å². The minimum Gasteiger partial charge on any atom is -0.395 e. The minimum atomic E-state index is -3.56. The molecule has 5 nitrogen and oxygen atoms in total. The normalized spacial score (nSPS) is 18.1. The van der Waals surface area contributed by atoms with Crippen molar-refractivity contribution in [1.82, 2.24) is 9.21 Å². The van der Waals surface area contributed by atoms with E-state index in [1.807, 2.05) is 12.1 Å². The zero-order valence-electron chi connectivity index (χ0n) is 16.7. The molecular weight excluding hydrogens is 372 g/mol. The van der Waals surface area contributed by atoms with Gasteiger partial charge in [-0.1, -0.05) is 36.4 Å². The average Bonchev–Trinajstić information content (AvgIpc) is 3.12. The lowest BCUT2D eigenvalue weighted by atomic mass is 10.0. The van der Waals surface area contributed by atoms with E-state index in [4.69, 9.17) is 5.11 Å². The summed E-state index contributed by atoms with van der Waals surface area (Å²) in [5.74, 6) is 0. The molecule has 0 amide bonds. The fourth-order valence-corrected chi connectivity index (χ4v) is 4.88. The van der Waals surface area contributed by atoms with Crippen LogP contribution in [-0.2, 0) is 16.4 Å².